The van der Waals surface area contributed by atoms with Gasteiger partial charge in [0.2, 0.25) is 5.91 Å². The van der Waals surface area contributed by atoms with E-state index in [2.05, 4.69) is 16.0 Å². The molecule has 2 rings (SSSR count). The molecule has 1 aromatic heterocycles. The van der Waals surface area contributed by atoms with Crippen LogP contribution in [-0.2, 0) is 11.2 Å². The number of carbonyl (C=O) groups is 2. The zero-order valence-electron chi connectivity index (χ0n) is 11.5. The van der Waals surface area contributed by atoms with Gasteiger partial charge in [-0.2, -0.15) is 0 Å². The molecule has 0 saturated heterocycles. The molecule has 6 heteroatoms. The number of hydrogen-bond donors (Lipinski definition) is 3. The molecule has 0 bridgehead atoms. The zero-order chi connectivity index (χ0) is 14.9. The largest absolute Gasteiger partial charge is 0.376 e. The number of amides is 3. The first-order valence-corrected chi connectivity index (χ1v) is 7.51. The van der Waals surface area contributed by atoms with Crippen LogP contribution >= 0.6 is 11.3 Å². The normalized spacial score (nSPS) is 9.90. The number of carbonyl (C=O) groups excluding carboxylic acids is 2. The molecule has 0 aliphatic carbocycles. The molecular weight excluding hydrogens is 286 g/mol. The Bertz CT molecular complexity index is 570. The maximum Gasteiger partial charge on any atom is 0.321 e. The molecule has 110 valence electrons. The lowest BCUT2D eigenvalue weighted by Gasteiger charge is -2.08. The van der Waals surface area contributed by atoms with Gasteiger partial charge in [-0.05, 0) is 30.0 Å². The Morgan fingerprint density at radius 2 is 1.86 bits per heavy atom. The summed E-state index contributed by atoms with van der Waals surface area (Å²) in [5.41, 5.74) is 0.839. The molecule has 0 aliphatic heterocycles. The van der Waals surface area contributed by atoms with Gasteiger partial charge in [0.05, 0.1) is 6.54 Å². The molecule has 21 heavy (non-hydrogen) atoms. The predicted octanol–water partition coefficient (Wildman–Crippen LogP) is 2.23. The van der Waals surface area contributed by atoms with E-state index in [4.69, 9.17) is 0 Å². The zero-order valence-corrected chi connectivity index (χ0v) is 12.3. The summed E-state index contributed by atoms with van der Waals surface area (Å²) in [7, 11) is 0. The van der Waals surface area contributed by atoms with Gasteiger partial charge < -0.3 is 10.6 Å². The molecule has 0 fully saturated rings. The number of imide groups is 1. The third-order valence-corrected chi connectivity index (χ3v) is 3.65. The Labute approximate surface area is 127 Å². The average Bonchev–Trinajstić information content (AvgIpc) is 2.99. The van der Waals surface area contributed by atoms with E-state index in [0.717, 1.165) is 12.1 Å². The average molecular weight is 303 g/mol. The second kappa shape index (κ2) is 8.06. The first-order chi connectivity index (χ1) is 10.2. The van der Waals surface area contributed by atoms with Crippen LogP contribution in [0.2, 0.25) is 0 Å². The van der Waals surface area contributed by atoms with Gasteiger partial charge in [-0.1, -0.05) is 24.3 Å². The summed E-state index contributed by atoms with van der Waals surface area (Å²) in [4.78, 5) is 24.3. The first-order valence-electron chi connectivity index (χ1n) is 6.63. The Morgan fingerprint density at radius 3 is 2.57 bits per heavy atom. The summed E-state index contributed by atoms with van der Waals surface area (Å²) in [6.07, 6.45) is 0.765. The number of anilines is 1. The maximum absolute atomic E-state index is 11.6. The Kier molecular flexibility index (Phi) is 5.78. The minimum absolute atomic E-state index is 0.0579. The van der Waals surface area contributed by atoms with Crippen LogP contribution in [0.1, 0.15) is 4.88 Å². The molecule has 1 heterocycles. The fraction of sp³-hybridized carbons (Fsp3) is 0.200. The molecule has 1 aromatic carbocycles. The van der Waals surface area contributed by atoms with E-state index in [1.54, 1.807) is 11.3 Å². The van der Waals surface area contributed by atoms with Crippen LogP contribution in [0.15, 0.2) is 47.8 Å². The predicted molar refractivity (Wildman–Crippen MR) is 84.5 cm³/mol. The minimum Gasteiger partial charge on any atom is -0.376 e. The topological polar surface area (TPSA) is 70.2 Å². The third kappa shape index (κ3) is 5.66. The summed E-state index contributed by atoms with van der Waals surface area (Å²) in [5.74, 6) is -0.368. The van der Waals surface area contributed by atoms with Crippen LogP contribution in [0.3, 0.4) is 0 Å². The highest BCUT2D eigenvalue weighted by Crippen LogP contribution is 2.08. The number of rotatable bonds is 6. The number of urea groups is 1. The molecule has 2 aromatic rings. The second-order valence-corrected chi connectivity index (χ2v) is 5.39. The van der Waals surface area contributed by atoms with Crippen molar-refractivity contribution in [1.29, 1.82) is 0 Å². The Balaban J connectivity index is 1.62. The molecule has 0 aliphatic rings. The lowest BCUT2D eigenvalue weighted by atomic mass is 10.3. The molecule has 0 unspecified atom stereocenters. The van der Waals surface area contributed by atoms with Crippen LogP contribution in [0.5, 0.6) is 0 Å². The van der Waals surface area contributed by atoms with Crippen LogP contribution in [0, 0.1) is 0 Å². The molecule has 0 saturated carbocycles. The van der Waals surface area contributed by atoms with Crippen LogP contribution < -0.4 is 16.0 Å². The molecule has 0 atom stereocenters. The molecular formula is C15H17N3O2S. The van der Waals surface area contributed by atoms with Crippen molar-refractivity contribution in [3.8, 4) is 0 Å². The molecule has 0 radical (unpaired) electrons. The lowest BCUT2D eigenvalue weighted by Crippen LogP contribution is -2.42. The van der Waals surface area contributed by atoms with Crippen LogP contribution in [-0.4, -0.2) is 25.0 Å². The molecule has 3 N–H and O–H groups in total. The summed E-state index contributed by atoms with van der Waals surface area (Å²) < 4.78 is 0. The number of benzene rings is 1. The van der Waals surface area contributed by atoms with Crippen LogP contribution in [0.25, 0.3) is 0 Å². The number of hydrogen-bond acceptors (Lipinski definition) is 4. The van der Waals surface area contributed by atoms with Gasteiger partial charge in [0.1, 0.15) is 0 Å². The van der Waals surface area contributed by atoms with E-state index < -0.39 is 6.03 Å². The smallest absolute Gasteiger partial charge is 0.321 e. The van der Waals surface area contributed by atoms with Crippen molar-refractivity contribution in [3.63, 3.8) is 0 Å². The molecule has 3 amide bonds. The Hall–Kier alpha value is -2.34. The van der Waals surface area contributed by atoms with Crippen molar-refractivity contribution in [1.82, 2.24) is 10.6 Å². The summed E-state index contributed by atoms with van der Waals surface area (Å²) in [6, 6.07) is 12.9. The fourth-order valence-electron chi connectivity index (χ4n) is 1.71. The highest BCUT2D eigenvalue weighted by atomic mass is 32.1. The van der Waals surface area contributed by atoms with Crippen molar-refractivity contribution in [2.75, 3.05) is 18.4 Å². The van der Waals surface area contributed by atoms with Gasteiger partial charge in [0.15, 0.2) is 0 Å². The lowest BCUT2D eigenvalue weighted by molar-refractivity contribution is -0.118. The summed E-state index contributed by atoms with van der Waals surface area (Å²) in [5, 5.41) is 9.87. The standard InChI is InChI=1S/C15H17N3O2S/c19-14(11-17-12-5-2-1-3-6-12)18-15(20)16-9-8-13-7-4-10-21-13/h1-7,10,17H,8-9,11H2,(H2,16,18,19,20). The van der Waals surface area contributed by atoms with Crippen molar-refractivity contribution < 1.29 is 9.59 Å². The highest BCUT2D eigenvalue weighted by Gasteiger charge is 2.06. The van der Waals surface area contributed by atoms with Crippen molar-refractivity contribution in [2.24, 2.45) is 0 Å². The van der Waals surface area contributed by atoms with E-state index in [0.29, 0.717) is 6.54 Å². The van der Waals surface area contributed by atoms with Gasteiger partial charge in [-0.3, -0.25) is 10.1 Å². The second-order valence-electron chi connectivity index (χ2n) is 4.35. The number of nitrogens with one attached hydrogen (secondary N) is 3. The summed E-state index contributed by atoms with van der Waals surface area (Å²) >= 11 is 1.65. The number of para-hydroxylation sites is 1. The Morgan fingerprint density at radius 1 is 1.05 bits per heavy atom. The van der Waals surface area contributed by atoms with Gasteiger partial charge in [-0.15, -0.1) is 11.3 Å². The van der Waals surface area contributed by atoms with E-state index in [-0.39, 0.29) is 12.5 Å². The van der Waals surface area contributed by atoms with E-state index >= 15 is 0 Å². The van der Waals surface area contributed by atoms with E-state index in [1.165, 1.54) is 4.88 Å². The van der Waals surface area contributed by atoms with Gasteiger partial charge in [0, 0.05) is 17.1 Å². The monoisotopic (exact) mass is 303 g/mol. The SMILES string of the molecule is O=C(CNc1ccccc1)NC(=O)NCCc1cccs1. The van der Waals surface area contributed by atoms with Crippen LogP contribution in [0.4, 0.5) is 10.5 Å². The number of thiophene rings is 1. The van der Waals surface area contributed by atoms with E-state index in [9.17, 15) is 9.59 Å². The van der Waals surface area contributed by atoms with Crippen molar-refractivity contribution >= 4 is 29.0 Å². The first kappa shape index (κ1) is 15.1. The minimum atomic E-state index is -0.466. The third-order valence-electron chi connectivity index (χ3n) is 2.72. The van der Waals surface area contributed by atoms with Crippen molar-refractivity contribution in [3.05, 3.63) is 52.7 Å². The molecule has 0 spiro atoms. The highest BCUT2D eigenvalue weighted by molar-refractivity contribution is 7.09. The van der Waals surface area contributed by atoms with Gasteiger partial charge in [0.25, 0.3) is 0 Å². The van der Waals surface area contributed by atoms with Gasteiger partial charge >= 0.3 is 6.03 Å². The maximum atomic E-state index is 11.6. The molecule has 5 nitrogen and oxygen atoms in total. The summed E-state index contributed by atoms with van der Waals surface area (Å²) in [6.45, 7) is 0.564. The van der Waals surface area contributed by atoms with E-state index in [1.807, 2.05) is 47.8 Å². The quantitative estimate of drug-likeness (QED) is 0.766. The van der Waals surface area contributed by atoms with Crippen molar-refractivity contribution in [2.45, 2.75) is 6.42 Å². The fourth-order valence-corrected chi connectivity index (χ4v) is 2.42. The van der Waals surface area contributed by atoms with Gasteiger partial charge in [-0.25, -0.2) is 4.79 Å².